The molecule has 0 spiro atoms. The van der Waals surface area contributed by atoms with Crippen molar-refractivity contribution in [1.82, 2.24) is 24.8 Å². The summed E-state index contributed by atoms with van der Waals surface area (Å²) in [4.78, 5) is 17.0. The van der Waals surface area contributed by atoms with Crippen LogP contribution in [0, 0.1) is 0 Å². The molecule has 2 aromatic rings. The van der Waals surface area contributed by atoms with Gasteiger partial charge >= 0.3 is 0 Å². The van der Waals surface area contributed by atoms with E-state index in [-0.39, 0.29) is 11.9 Å². The van der Waals surface area contributed by atoms with Crippen LogP contribution in [0.15, 0.2) is 18.3 Å². The molecule has 0 N–H and O–H groups in total. The monoisotopic (exact) mass is 443 g/mol. The lowest BCUT2D eigenvalue weighted by molar-refractivity contribution is 0.0718. The van der Waals surface area contributed by atoms with Gasteiger partial charge < -0.3 is 19.1 Å². The SMILES string of the molecule is COc1cc(CN2CCCC(n3cc(C(=O)N4CCCCC4)nn3)C2)cc(OC)c1OC. The van der Waals surface area contributed by atoms with Crippen LogP contribution >= 0.6 is 0 Å². The molecule has 1 amide bonds. The molecule has 2 fully saturated rings. The molecular weight excluding hydrogens is 410 g/mol. The van der Waals surface area contributed by atoms with E-state index in [1.165, 1.54) is 6.42 Å². The van der Waals surface area contributed by atoms with Crippen molar-refractivity contribution >= 4 is 5.91 Å². The van der Waals surface area contributed by atoms with Crippen molar-refractivity contribution in [2.24, 2.45) is 0 Å². The molecule has 4 rings (SSSR count). The summed E-state index contributed by atoms with van der Waals surface area (Å²) >= 11 is 0. The van der Waals surface area contributed by atoms with Gasteiger partial charge in [-0.3, -0.25) is 9.69 Å². The summed E-state index contributed by atoms with van der Waals surface area (Å²) in [5.74, 6) is 1.92. The molecule has 1 atom stereocenters. The summed E-state index contributed by atoms with van der Waals surface area (Å²) in [5, 5.41) is 8.51. The van der Waals surface area contributed by atoms with Crippen molar-refractivity contribution in [2.45, 2.75) is 44.7 Å². The minimum Gasteiger partial charge on any atom is -0.493 e. The molecule has 1 aromatic heterocycles. The van der Waals surface area contributed by atoms with Gasteiger partial charge in [0.05, 0.1) is 33.6 Å². The third-order valence-electron chi connectivity index (χ3n) is 6.36. The number of benzene rings is 1. The molecular formula is C23H33N5O4. The van der Waals surface area contributed by atoms with Crippen LogP contribution in [0.5, 0.6) is 17.2 Å². The normalized spacial score (nSPS) is 19.6. The number of aromatic nitrogens is 3. The van der Waals surface area contributed by atoms with E-state index in [4.69, 9.17) is 14.2 Å². The third kappa shape index (κ3) is 4.82. The van der Waals surface area contributed by atoms with Crippen LogP contribution in [0.4, 0.5) is 0 Å². The van der Waals surface area contributed by atoms with Crippen LogP contribution in [-0.4, -0.2) is 78.2 Å². The summed E-state index contributed by atoms with van der Waals surface area (Å²) in [6, 6.07) is 4.19. The van der Waals surface area contributed by atoms with Crippen LogP contribution in [0.2, 0.25) is 0 Å². The van der Waals surface area contributed by atoms with E-state index in [9.17, 15) is 4.79 Å². The lowest BCUT2D eigenvalue weighted by Crippen LogP contribution is -2.36. The molecule has 1 unspecified atom stereocenters. The van der Waals surface area contributed by atoms with Gasteiger partial charge in [-0.05, 0) is 56.3 Å². The van der Waals surface area contributed by atoms with Crippen LogP contribution in [0.1, 0.15) is 54.2 Å². The highest BCUT2D eigenvalue weighted by Crippen LogP contribution is 2.38. The second-order valence-electron chi connectivity index (χ2n) is 8.50. The maximum absolute atomic E-state index is 12.7. The van der Waals surface area contributed by atoms with Crippen LogP contribution in [0.25, 0.3) is 0 Å². The van der Waals surface area contributed by atoms with Crippen molar-refractivity contribution in [3.63, 3.8) is 0 Å². The second-order valence-corrected chi connectivity index (χ2v) is 8.50. The number of carbonyl (C=O) groups is 1. The van der Waals surface area contributed by atoms with E-state index in [0.29, 0.717) is 22.9 Å². The van der Waals surface area contributed by atoms with Crippen LogP contribution in [-0.2, 0) is 6.54 Å². The molecule has 2 aliphatic heterocycles. The Morgan fingerprint density at radius 1 is 1.00 bits per heavy atom. The van der Waals surface area contributed by atoms with E-state index in [2.05, 4.69) is 15.2 Å². The van der Waals surface area contributed by atoms with E-state index >= 15 is 0 Å². The first kappa shape index (κ1) is 22.4. The third-order valence-corrected chi connectivity index (χ3v) is 6.36. The topological polar surface area (TPSA) is 82.0 Å². The Hall–Kier alpha value is -2.81. The van der Waals surface area contributed by atoms with Crippen molar-refractivity contribution < 1.29 is 19.0 Å². The predicted molar refractivity (Wildman–Crippen MR) is 119 cm³/mol. The van der Waals surface area contributed by atoms with Crippen molar-refractivity contribution in [3.05, 3.63) is 29.6 Å². The Labute approximate surface area is 189 Å². The van der Waals surface area contributed by atoms with E-state index in [1.54, 1.807) is 21.3 Å². The van der Waals surface area contributed by atoms with Crippen molar-refractivity contribution in [3.8, 4) is 17.2 Å². The standard InChI is InChI=1S/C23H33N5O4/c1-30-20-12-17(13-21(31-2)22(20)32-3)14-26-9-7-8-18(15-26)28-16-19(24-25-28)23(29)27-10-5-4-6-11-27/h12-13,16,18H,4-11,14-15H2,1-3H3. The maximum atomic E-state index is 12.7. The Morgan fingerprint density at radius 3 is 2.38 bits per heavy atom. The minimum absolute atomic E-state index is 0.000962. The van der Waals surface area contributed by atoms with Gasteiger partial charge in [0.1, 0.15) is 0 Å². The summed E-state index contributed by atoms with van der Waals surface area (Å²) in [6.45, 7) is 4.25. The smallest absolute Gasteiger partial charge is 0.276 e. The Bertz CT molecular complexity index is 900. The number of ether oxygens (including phenoxy) is 3. The molecule has 9 nitrogen and oxygen atoms in total. The maximum Gasteiger partial charge on any atom is 0.276 e. The van der Waals surface area contributed by atoms with Gasteiger partial charge in [-0.15, -0.1) is 5.10 Å². The molecule has 1 aromatic carbocycles. The molecule has 0 saturated carbocycles. The molecule has 3 heterocycles. The minimum atomic E-state index is 0.000962. The van der Waals surface area contributed by atoms with E-state index in [1.807, 2.05) is 27.9 Å². The highest BCUT2D eigenvalue weighted by Gasteiger charge is 2.26. The molecule has 9 heteroatoms. The zero-order chi connectivity index (χ0) is 22.5. The molecule has 174 valence electrons. The number of carbonyl (C=O) groups excluding carboxylic acids is 1. The Kier molecular flexibility index (Phi) is 7.14. The van der Waals surface area contributed by atoms with Gasteiger partial charge in [0, 0.05) is 26.2 Å². The van der Waals surface area contributed by atoms with E-state index in [0.717, 1.165) is 64.0 Å². The van der Waals surface area contributed by atoms with Crippen LogP contribution in [0.3, 0.4) is 0 Å². The number of likely N-dealkylation sites (tertiary alicyclic amines) is 2. The van der Waals surface area contributed by atoms with Crippen molar-refractivity contribution in [1.29, 1.82) is 0 Å². The Morgan fingerprint density at radius 2 is 1.72 bits per heavy atom. The highest BCUT2D eigenvalue weighted by molar-refractivity contribution is 5.91. The zero-order valence-electron chi connectivity index (χ0n) is 19.2. The predicted octanol–water partition coefficient (Wildman–Crippen LogP) is 2.77. The van der Waals surface area contributed by atoms with Gasteiger partial charge in [-0.2, -0.15) is 0 Å². The molecule has 0 aliphatic carbocycles. The number of hydrogen-bond donors (Lipinski definition) is 0. The summed E-state index contributed by atoms with van der Waals surface area (Å²) in [6.07, 6.45) is 7.23. The Balaban J connectivity index is 1.43. The number of nitrogens with zero attached hydrogens (tertiary/aromatic N) is 5. The summed E-state index contributed by atoms with van der Waals surface area (Å²) in [7, 11) is 4.87. The number of hydrogen-bond acceptors (Lipinski definition) is 7. The fourth-order valence-corrected chi connectivity index (χ4v) is 4.69. The summed E-state index contributed by atoms with van der Waals surface area (Å²) < 4.78 is 18.3. The van der Waals surface area contributed by atoms with Gasteiger partial charge in [0.15, 0.2) is 17.2 Å². The highest BCUT2D eigenvalue weighted by atomic mass is 16.5. The second kappa shape index (κ2) is 10.2. The summed E-state index contributed by atoms with van der Waals surface area (Å²) in [5.41, 5.74) is 1.55. The number of methoxy groups -OCH3 is 3. The first-order chi connectivity index (χ1) is 15.6. The first-order valence-electron chi connectivity index (χ1n) is 11.3. The molecule has 2 aliphatic rings. The van der Waals surface area contributed by atoms with Crippen LogP contribution < -0.4 is 14.2 Å². The van der Waals surface area contributed by atoms with Crippen molar-refractivity contribution in [2.75, 3.05) is 47.5 Å². The fraction of sp³-hybridized carbons (Fsp3) is 0.609. The number of piperidine rings is 2. The quantitative estimate of drug-likeness (QED) is 0.651. The average Bonchev–Trinajstić information content (AvgIpc) is 3.34. The van der Waals surface area contributed by atoms with Gasteiger partial charge in [0.2, 0.25) is 5.75 Å². The molecule has 32 heavy (non-hydrogen) atoms. The number of rotatable bonds is 7. The van der Waals surface area contributed by atoms with Gasteiger partial charge in [-0.1, -0.05) is 5.21 Å². The fourth-order valence-electron chi connectivity index (χ4n) is 4.69. The average molecular weight is 444 g/mol. The number of amides is 1. The molecule has 2 saturated heterocycles. The lowest BCUT2D eigenvalue weighted by atomic mass is 10.0. The van der Waals surface area contributed by atoms with Gasteiger partial charge in [0.25, 0.3) is 5.91 Å². The van der Waals surface area contributed by atoms with E-state index < -0.39 is 0 Å². The van der Waals surface area contributed by atoms with Gasteiger partial charge in [-0.25, -0.2) is 4.68 Å². The first-order valence-corrected chi connectivity index (χ1v) is 11.3. The zero-order valence-corrected chi connectivity index (χ0v) is 19.2. The molecule has 0 radical (unpaired) electrons. The molecule has 0 bridgehead atoms. The largest absolute Gasteiger partial charge is 0.493 e. The lowest BCUT2D eigenvalue weighted by Gasteiger charge is -2.32.